The molecule has 7 fully saturated rings. The second kappa shape index (κ2) is 19.8. The monoisotopic (exact) mass is 812 g/mol. The maximum Gasteiger partial charge on any atom is 0.305 e. The molecule has 0 aromatic carbocycles. The average Bonchev–Trinajstić information content (AvgIpc) is 3.70. The molecule has 0 aromatic heterocycles. The Bertz CT molecular complexity index is 1290. The van der Waals surface area contributed by atoms with Crippen LogP contribution in [0.25, 0.3) is 0 Å². The quantitative estimate of drug-likeness (QED) is 0.184. The molecule has 0 bridgehead atoms. The molecule has 3 aliphatic carbocycles. The Morgan fingerprint density at radius 3 is 1.55 bits per heavy atom. The van der Waals surface area contributed by atoms with Gasteiger partial charge in [0.05, 0.1) is 0 Å². The van der Waals surface area contributed by atoms with E-state index in [2.05, 4.69) is 0 Å². The lowest BCUT2D eigenvalue weighted by molar-refractivity contribution is -0.282. The number of rotatable bonds is 7. The van der Waals surface area contributed by atoms with Crippen molar-refractivity contribution >= 4 is 17.9 Å². The van der Waals surface area contributed by atoms with E-state index in [1.54, 1.807) is 7.11 Å². The second-order valence-electron chi connectivity index (χ2n) is 15.2. The first kappa shape index (κ1) is 52.0. The minimum atomic E-state index is -1.33. The molecule has 5 N–H and O–H groups in total. The number of aliphatic hydroxyl groups is 5. The highest BCUT2D eigenvalue weighted by Gasteiger charge is 2.69. The summed E-state index contributed by atoms with van der Waals surface area (Å²) in [4.78, 5) is 34.1. The van der Waals surface area contributed by atoms with Crippen LogP contribution >= 0.6 is 0 Å². The van der Waals surface area contributed by atoms with Crippen molar-refractivity contribution in [2.45, 2.75) is 194 Å². The first-order chi connectivity index (χ1) is 24.4. The summed E-state index contributed by atoms with van der Waals surface area (Å²) in [6.07, 6.45) is -1.53. The Morgan fingerprint density at radius 1 is 0.661 bits per heavy atom. The van der Waals surface area contributed by atoms with Gasteiger partial charge in [-0.15, -0.1) is 0 Å². The zero-order chi connectivity index (χ0) is 38.4. The molecule has 0 radical (unpaired) electrons. The maximum atomic E-state index is 11.5. The lowest BCUT2D eigenvalue weighted by Gasteiger charge is -2.48. The van der Waals surface area contributed by atoms with Gasteiger partial charge in [-0.2, -0.15) is 0 Å². The smallest absolute Gasteiger partial charge is 0.305 e. The predicted octanol–water partition coefficient (Wildman–Crippen LogP) is 2.72. The summed E-state index contributed by atoms with van der Waals surface area (Å²) in [5, 5.41) is 46.4. The van der Waals surface area contributed by atoms with E-state index in [0.29, 0.717) is 12.8 Å². The number of aliphatic hydroxyl groups excluding tert-OH is 5. The maximum absolute atomic E-state index is 11.5. The van der Waals surface area contributed by atoms with Crippen LogP contribution in [0.1, 0.15) is 116 Å². The van der Waals surface area contributed by atoms with Crippen molar-refractivity contribution in [1.82, 2.24) is 0 Å². The van der Waals surface area contributed by atoms with Crippen LogP contribution in [0.3, 0.4) is 0 Å². The molecule has 3 unspecified atom stereocenters. The van der Waals surface area contributed by atoms with Crippen molar-refractivity contribution in [3.05, 3.63) is 0 Å². The molecule has 7 aliphatic rings. The minimum absolute atomic E-state index is 0. The highest BCUT2D eigenvalue weighted by molar-refractivity contribution is 5.68. The molecule has 17 heteroatoms. The Balaban J connectivity index is 0.000000417. The van der Waals surface area contributed by atoms with Gasteiger partial charge in [0.15, 0.2) is 24.5 Å². The predicted molar refractivity (Wildman–Crippen MR) is 200 cm³/mol. The Morgan fingerprint density at radius 2 is 1.16 bits per heavy atom. The van der Waals surface area contributed by atoms with E-state index in [1.165, 1.54) is 20.8 Å². The third-order valence-electron chi connectivity index (χ3n) is 11.8. The summed E-state index contributed by atoms with van der Waals surface area (Å²) in [7, 11) is 1.61. The average molecular weight is 813 g/mol. The van der Waals surface area contributed by atoms with E-state index in [4.69, 9.17) is 52.8 Å². The van der Waals surface area contributed by atoms with Crippen molar-refractivity contribution in [3.8, 4) is 0 Å². The van der Waals surface area contributed by atoms with Crippen LogP contribution in [0.5, 0.6) is 0 Å². The number of carbonyl (C=O) groups is 3. The molecule has 17 nitrogen and oxygen atoms in total. The molecule has 3 spiro atoms. The second-order valence-corrected chi connectivity index (χ2v) is 15.2. The summed E-state index contributed by atoms with van der Waals surface area (Å²) in [5.74, 6) is -2.06. The Labute approximate surface area is 332 Å². The molecule has 0 amide bonds. The number of hydrogen-bond acceptors (Lipinski definition) is 17. The Hall–Kier alpha value is -2.03. The van der Waals surface area contributed by atoms with Crippen LogP contribution in [0.2, 0.25) is 0 Å². The number of hydrogen-bond donors (Lipinski definition) is 5. The van der Waals surface area contributed by atoms with Crippen LogP contribution in [0, 0.1) is 17.8 Å². The van der Waals surface area contributed by atoms with E-state index in [0.717, 1.165) is 32.1 Å². The zero-order valence-electron chi connectivity index (χ0n) is 30.9. The number of esters is 3. The molecule has 4 heterocycles. The normalized spacial score (nSPS) is 42.9. The van der Waals surface area contributed by atoms with Gasteiger partial charge in [0.25, 0.3) is 0 Å². The van der Waals surface area contributed by atoms with Crippen LogP contribution in [0.15, 0.2) is 0 Å². The standard InChI is InChI=1S/C15H22O7.C12H20O5.C8H14O5.4CH4/c1-5-11-6-7-15(11)13(20-9(3)17)12(19-8(2)16)14(22-15)21-10(4)18;1-11(2)15-8-9(16-11)12(17-10(8)14-3)5-4-7(12)6-13;9-3-4-1-2-8(4)6(11)5(10)7(12)13-8;;;;/h11-14H,5-7H2,1-4H3;7-10,13H,4-6H2,1-3H3;4-7,9-12H,1-3H2;4*1H4/t11-,12?,13+,14+,15+;7-,8?,9-,10-,12-;4-,5?,6-,7-,8-;;;;/m011..../s1. The van der Waals surface area contributed by atoms with Gasteiger partial charge in [-0.05, 0) is 58.3 Å². The molecular weight excluding hydrogens is 740 g/mol. The van der Waals surface area contributed by atoms with E-state index in [9.17, 15) is 29.7 Å². The van der Waals surface area contributed by atoms with Crippen molar-refractivity contribution in [3.63, 3.8) is 0 Å². The molecule has 4 aliphatic heterocycles. The number of fused-ring (bicyclic) bond motifs is 2. The lowest BCUT2D eigenvalue weighted by Crippen LogP contribution is -2.57. The molecule has 3 saturated carbocycles. The Kier molecular flexibility index (Phi) is 18.4. The molecule has 0 aromatic rings. The molecule has 56 heavy (non-hydrogen) atoms. The van der Waals surface area contributed by atoms with Crippen LogP contribution in [-0.2, 0) is 57.0 Å². The molecular formula is C39H72O17. The third kappa shape index (κ3) is 9.23. The van der Waals surface area contributed by atoms with Gasteiger partial charge in [0.2, 0.25) is 12.4 Å². The van der Waals surface area contributed by atoms with Crippen molar-refractivity contribution in [2.75, 3.05) is 20.3 Å². The summed E-state index contributed by atoms with van der Waals surface area (Å²) < 4.78 is 49.9. The first-order valence-corrected chi connectivity index (χ1v) is 18.1. The van der Waals surface area contributed by atoms with E-state index in [-0.39, 0.29) is 72.9 Å². The van der Waals surface area contributed by atoms with E-state index in [1.807, 2.05) is 20.8 Å². The highest BCUT2D eigenvalue weighted by Crippen LogP contribution is 2.56. The van der Waals surface area contributed by atoms with Gasteiger partial charge in [-0.25, -0.2) is 0 Å². The molecule has 7 rings (SSSR count). The fraction of sp³-hybridized carbons (Fsp3) is 0.923. The molecule has 4 saturated heterocycles. The number of methoxy groups -OCH3 is 1. The SMILES string of the molecule is C.C.C.C.CC[C@H]1CC[C@@]12O[C@@H](OC(C)=O)C(OC(C)=O)[C@H]2OC(C)=O.CO[C@@H]1O[C@@]2(CC[C@@H]2CO)[C@@H]2OC(C)(C)OC12.OC[C@H]1CC[C@@]12O[C@@H](O)C(O)[C@H]2O. The lowest BCUT2D eigenvalue weighted by atomic mass is 9.65. The van der Waals surface area contributed by atoms with Gasteiger partial charge in [0, 0.05) is 52.9 Å². The summed E-state index contributed by atoms with van der Waals surface area (Å²) in [5.41, 5.74) is -2.07. The third-order valence-corrected chi connectivity index (χ3v) is 11.8. The van der Waals surface area contributed by atoms with Gasteiger partial charge < -0.3 is 68.2 Å². The van der Waals surface area contributed by atoms with Gasteiger partial charge in [0.1, 0.15) is 41.2 Å². The fourth-order valence-electron chi connectivity index (χ4n) is 8.93. The topological polar surface area (TPSA) is 235 Å². The first-order valence-electron chi connectivity index (χ1n) is 18.1. The van der Waals surface area contributed by atoms with Crippen molar-refractivity contribution in [1.29, 1.82) is 0 Å². The van der Waals surface area contributed by atoms with Crippen LogP contribution in [-0.4, -0.2) is 142 Å². The summed E-state index contributed by atoms with van der Waals surface area (Å²) >= 11 is 0. The van der Waals surface area contributed by atoms with Gasteiger partial charge >= 0.3 is 17.9 Å². The summed E-state index contributed by atoms with van der Waals surface area (Å²) in [6, 6.07) is 0. The van der Waals surface area contributed by atoms with Gasteiger partial charge in [-0.1, -0.05) is 43.1 Å². The van der Waals surface area contributed by atoms with Crippen LogP contribution in [0.4, 0.5) is 0 Å². The fourth-order valence-corrected chi connectivity index (χ4v) is 8.93. The highest BCUT2D eigenvalue weighted by atomic mass is 16.8. The van der Waals surface area contributed by atoms with E-state index < -0.39 is 83.8 Å². The molecule has 15 atom stereocenters. The number of ether oxygens (including phenoxy) is 9. The van der Waals surface area contributed by atoms with Gasteiger partial charge in [-0.3, -0.25) is 14.4 Å². The van der Waals surface area contributed by atoms with Crippen molar-refractivity contribution < 1.29 is 82.5 Å². The minimum Gasteiger partial charge on any atom is -0.455 e. The number of carbonyl (C=O) groups excluding carboxylic acids is 3. The van der Waals surface area contributed by atoms with Crippen LogP contribution < -0.4 is 0 Å². The largest absolute Gasteiger partial charge is 0.455 e. The zero-order valence-corrected chi connectivity index (χ0v) is 30.9. The summed E-state index contributed by atoms with van der Waals surface area (Å²) in [6.45, 7) is 9.64. The molecule has 330 valence electrons. The van der Waals surface area contributed by atoms with Crippen molar-refractivity contribution in [2.24, 2.45) is 17.8 Å². The van der Waals surface area contributed by atoms with E-state index >= 15 is 0 Å².